The van der Waals surface area contributed by atoms with Gasteiger partial charge < -0.3 is 0 Å². The monoisotopic (exact) mass is 130 g/mol. The Morgan fingerprint density at radius 1 is 1.67 bits per heavy atom. The zero-order chi connectivity index (χ0) is 7.33. The minimum atomic E-state index is -0.591. The third-order valence-corrected chi connectivity index (χ3v) is 0.941. The standard InChI is InChI=1S/C6H11FN2/c1-6(2,5-8)9-4-3-7/h9H,3-4H2,1-2H3. The fourth-order valence-electron chi connectivity index (χ4n) is 0.399. The average molecular weight is 130 g/mol. The second kappa shape index (κ2) is 3.41. The van der Waals surface area contributed by atoms with Crippen molar-refractivity contribution >= 4 is 0 Å². The van der Waals surface area contributed by atoms with Crippen molar-refractivity contribution in [3.8, 4) is 6.07 Å². The molecular formula is C6H11FN2. The van der Waals surface area contributed by atoms with Gasteiger partial charge in [-0.15, -0.1) is 0 Å². The highest BCUT2D eigenvalue weighted by Crippen LogP contribution is 1.96. The molecule has 2 nitrogen and oxygen atoms in total. The molecule has 0 aromatic rings. The lowest BCUT2D eigenvalue weighted by molar-refractivity contribution is 0.413. The first-order valence-electron chi connectivity index (χ1n) is 2.84. The maximum atomic E-state index is 11.5. The third-order valence-electron chi connectivity index (χ3n) is 0.941. The number of hydrogen-bond acceptors (Lipinski definition) is 2. The van der Waals surface area contributed by atoms with Crippen molar-refractivity contribution in [2.24, 2.45) is 0 Å². The van der Waals surface area contributed by atoms with E-state index in [1.54, 1.807) is 13.8 Å². The molecule has 0 unspecified atom stereocenters. The van der Waals surface area contributed by atoms with Gasteiger partial charge in [-0.3, -0.25) is 5.32 Å². The number of nitrogens with zero attached hydrogens (tertiary/aromatic N) is 1. The molecule has 0 fully saturated rings. The van der Waals surface area contributed by atoms with Gasteiger partial charge in [-0.2, -0.15) is 5.26 Å². The minimum absolute atomic E-state index is 0.251. The van der Waals surface area contributed by atoms with Crippen LogP contribution in [0, 0.1) is 11.3 Å². The van der Waals surface area contributed by atoms with Crippen LogP contribution in [0.15, 0.2) is 0 Å². The smallest absolute Gasteiger partial charge is 0.102 e. The Morgan fingerprint density at radius 3 is 2.56 bits per heavy atom. The van der Waals surface area contributed by atoms with Crippen LogP contribution >= 0.6 is 0 Å². The quantitative estimate of drug-likeness (QED) is 0.614. The lowest BCUT2D eigenvalue weighted by Gasteiger charge is -2.15. The molecule has 52 valence electrons. The van der Waals surface area contributed by atoms with Crippen molar-refractivity contribution in [3.05, 3.63) is 0 Å². The molecule has 0 aliphatic heterocycles. The summed E-state index contributed by atoms with van der Waals surface area (Å²) >= 11 is 0. The van der Waals surface area contributed by atoms with Crippen LogP contribution in [0.2, 0.25) is 0 Å². The molecule has 0 aromatic carbocycles. The molecule has 0 aliphatic carbocycles. The van der Waals surface area contributed by atoms with Gasteiger partial charge in [0, 0.05) is 6.54 Å². The zero-order valence-corrected chi connectivity index (χ0v) is 5.74. The van der Waals surface area contributed by atoms with E-state index >= 15 is 0 Å². The van der Waals surface area contributed by atoms with E-state index < -0.39 is 12.2 Å². The van der Waals surface area contributed by atoms with Crippen LogP contribution in [0.25, 0.3) is 0 Å². The maximum absolute atomic E-state index is 11.5. The number of alkyl halides is 1. The number of nitriles is 1. The lowest BCUT2D eigenvalue weighted by atomic mass is 10.1. The van der Waals surface area contributed by atoms with Gasteiger partial charge in [-0.1, -0.05) is 0 Å². The Morgan fingerprint density at radius 2 is 2.22 bits per heavy atom. The van der Waals surface area contributed by atoms with Gasteiger partial charge in [-0.25, -0.2) is 4.39 Å². The van der Waals surface area contributed by atoms with E-state index in [-0.39, 0.29) is 6.54 Å². The lowest BCUT2D eigenvalue weighted by Crippen LogP contribution is -2.38. The maximum Gasteiger partial charge on any atom is 0.102 e. The Bertz CT molecular complexity index is 115. The Kier molecular flexibility index (Phi) is 3.18. The summed E-state index contributed by atoms with van der Waals surface area (Å²) in [5.74, 6) is 0. The van der Waals surface area contributed by atoms with Gasteiger partial charge in [-0.05, 0) is 13.8 Å². The van der Waals surface area contributed by atoms with Crippen molar-refractivity contribution in [2.45, 2.75) is 19.4 Å². The first-order chi connectivity index (χ1) is 4.12. The fourth-order valence-corrected chi connectivity index (χ4v) is 0.399. The van der Waals surface area contributed by atoms with Gasteiger partial charge in [0.05, 0.1) is 6.07 Å². The summed E-state index contributed by atoms with van der Waals surface area (Å²) in [4.78, 5) is 0. The van der Waals surface area contributed by atoms with E-state index in [4.69, 9.17) is 5.26 Å². The highest BCUT2D eigenvalue weighted by Gasteiger charge is 2.13. The van der Waals surface area contributed by atoms with E-state index in [2.05, 4.69) is 5.32 Å². The molecule has 0 saturated heterocycles. The minimum Gasteiger partial charge on any atom is -0.297 e. The SMILES string of the molecule is CC(C)(C#N)NCCF. The largest absolute Gasteiger partial charge is 0.297 e. The summed E-state index contributed by atoms with van der Waals surface area (Å²) in [5.41, 5.74) is -0.591. The molecule has 0 radical (unpaired) electrons. The molecule has 1 N–H and O–H groups in total. The van der Waals surface area contributed by atoms with Crippen LogP contribution in [0.5, 0.6) is 0 Å². The molecule has 0 aromatic heterocycles. The van der Waals surface area contributed by atoms with Gasteiger partial charge in [0.25, 0.3) is 0 Å². The Hall–Kier alpha value is -0.620. The fraction of sp³-hybridized carbons (Fsp3) is 0.833. The summed E-state index contributed by atoms with van der Waals surface area (Å²) in [6.45, 7) is 3.25. The van der Waals surface area contributed by atoms with Crippen LogP contribution in [0.4, 0.5) is 4.39 Å². The molecule has 0 heterocycles. The Labute approximate surface area is 54.7 Å². The summed E-state index contributed by atoms with van der Waals surface area (Å²) in [7, 11) is 0. The van der Waals surface area contributed by atoms with Gasteiger partial charge in [0.2, 0.25) is 0 Å². The number of hydrogen-bond donors (Lipinski definition) is 1. The van der Waals surface area contributed by atoms with Crippen LogP contribution in [-0.4, -0.2) is 18.8 Å². The van der Waals surface area contributed by atoms with Gasteiger partial charge >= 0.3 is 0 Å². The molecule has 0 aliphatic rings. The van der Waals surface area contributed by atoms with E-state index in [9.17, 15) is 4.39 Å². The predicted molar refractivity (Wildman–Crippen MR) is 33.7 cm³/mol. The Balaban J connectivity index is 3.49. The molecule has 0 bridgehead atoms. The molecule has 0 spiro atoms. The molecule has 0 saturated carbocycles. The van der Waals surface area contributed by atoms with Crippen LogP contribution < -0.4 is 5.32 Å². The number of rotatable bonds is 3. The summed E-state index contributed by atoms with van der Waals surface area (Å²) < 4.78 is 11.5. The number of halogens is 1. The van der Waals surface area contributed by atoms with Crippen molar-refractivity contribution in [2.75, 3.05) is 13.2 Å². The first kappa shape index (κ1) is 8.38. The second-order valence-corrected chi connectivity index (χ2v) is 2.35. The molecule has 0 amide bonds. The van der Waals surface area contributed by atoms with Crippen molar-refractivity contribution in [3.63, 3.8) is 0 Å². The van der Waals surface area contributed by atoms with Gasteiger partial charge in [0.1, 0.15) is 12.2 Å². The van der Waals surface area contributed by atoms with E-state index in [1.807, 2.05) is 6.07 Å². The van der Waals surface area contributed by atoms with Crippen molar-refractivity contribution < 1.29 is 4.39 Å². The zero-order valence-electron chi connectivity index (χ0n) is 5.74. The molecule has 3 heteroatoms. The average Bonchev–Trinajstić information content (AvgIpc) is 1.84. The molecule has 0 atom stereocenters. The highest BCUT2D eigenvalue weighted by molar-refractivity contribution is 4.99. The number of nitrogens with one attached hydrogen (secondary N) is 1. The normalized spacial score (nSPS) is 10.9. The predicted octanol–water partition coefficient (Wildman–Crippen LogP) is 0.848. The third kappa shape index (κ3) is 3.92. The molecule has 9 heavy (non-hydrogen) atoms. The van der Waals surface area contributed by atoms with E-state index in [0.29, 0.717) is 0 Å². The van der Waals surface area contributed by atoms with E-state index in [0.717, 1.165) is 0 Å². The summed E-state index contributed by atoms with van der Waals surface area (Å²) in [5, 5.41) is 11.1. The summed E-state index contributed by atoms with van der Waals surface area (Å²) in [6.07, 6.45) is 0. The van der Waals surface area contributed by atoms with Crippen LogP contribution in [0.1, 0.15) is 13.8 Å². The molecular weight excluding hydrogens is 119 g/mol. The summed E-state index contributed by atoms with van der Waals surface area (Å²) in [6, 6.07) is 2.00. The van der Waals surface area contributed by atoms with Crippen LogP contribution in [-0.2, 0) is 0 Å². The topological polar surface area (TPSA) is 35.8 Å². The van der Waals surface area contributed by atoms with E-state index in [1.165, 1.54) is 0 Å². The first-order valence-corrected chi connectivity index (χ1v) is 2.84. The molecule has 0 rings (SSSR count). The highest BCUT2D eigenvalue weighted by atomic mass is 19.1. The second-order valence-electron chi connectivity index (χ2n) is 2.35. The van der Waals surface area contributed by atoms with Crippen molar-refractivity contribution in [1.29, 1.82) is 5.26 Å². The van der Waals surface area contributed by atoms with Gasteiger partial charge in [0.15, 0.2) is 0 Å². The van der Waals surface area contributed by atoms with Crippen LogP contribution in [0.3, 0.4) is 0 Å². The van der Waals surface area contributed by atoms with Crippen molar-refractivity contribution in [1.82, 2.24) is 5.32 Å².